The number of amides is 2. The Morgan fingerprint density at radius 2 is 0.723 bits per heavy atom. The van der Waals surface area contributed by atoms with Crippen molar-refractivity contribution in [2.75, 3.05) is 39.6 Å². The second kappa shape index (κ2) is 29.3. The van der Waals surface area contributed by atoms with Gasteiger partial charge in [-0.25, -0.2) is 0 Å². The monoisotopic (exact) mass is 1220 g/mol. The van der Waals surface area contributed by atoms with Crippen LogP contribution in [0.15, 0.2) is 0 Å². The Labute approximate surface area is 470 Å². The van der Waals surface area contributed by atoms with Crippen LogP contribution < -0.4 is 10.6 Å². The smallest absolute Gasteiger partial charge is 0.217 e. The quantitative estimate of drug-likeness (QED) is 0.0538. The minimum atomic E-state index is -2.35. The molecule has 7 heterocycles. The van der Waals surface area contributed by atoms with E-state index in [1.54, 1.807) is 0 Å². The molecule has 0 saturated carbocycles. The maximum atomic E-state index is 13.2. The normalized spacial score (nSPS) is 50.8. The highest BCUT2D eigenvalue weighted by Gasteiger charge is 2.59. The van der Waals surface area contributed by atoms with E-state index in [-0.39, 0.29) is 0 Å². The third-order valence-electron chi connectivity index (χ3n) is 15.3. The third-order valence-corrected chi connectivity index (χ3v) is 15.3. The van der Waals surface area contributed by atoms with Crippen molar-refractivity contribution in [1.29, 1.82) is 0 Å². The maximum Gasteiger partial charge on any atom is 0.217 e. The standard InChI is InChI=1S/C46H78N2O35/c1-10-21(56)26(61)31(66)43(72-10)82-38-20(48-12(3)55)42(77-17(8-53)37(38)81-45-33(68)28(63)23(58)14(5-50)75-45)83-39-24(59)18(78-46(34(39)69)80-36-15(6-51)73-40(70)30(65)29(36)64)9-71-41-19(47-11(2)54)25(60)35(16(7-52)76-41)79-44-32(67)27(62)22(57)13(4-49)74-44/h10,13-46,49-53,56-70H,4-9H2,1-3H3,(H,47,54)(H,48,55)/t10-,13+,14+,15+,16+,17+,18+,19+,20+,21+,22-,23-,24-,25+,26+,27-,28-,29+,30+,31-,32+,33+,34+,35+,36+,37+,38+,39-,40+,41+,42-,43-,44-,45-,46-/m0/s1. The van der Waals surface area contributed by atoms with Crippen LogP contribution in [0.5, 0.6) is 0 Å². The lowest BCUT2D eigenvalue weighted by Crippen LogP contribution is -2.71. The summed E-state index contributed by atoms with van der Waals surface area (Å²) in [5.41, 5.74) is 0. The molecule has 22 N–H and O–H groups in total. The summed E-state index contributed by atoms with van der Waals surface area (Å²) < 4.78 is 75.9. The van der Waals surface area contributed by atoms with E-state index in [4.69, 9.17) is 61.6 Å². The fourth-order valence-electron chi connectivity index (χ4n) is 10.6. The molecule has 37 heteroatoms. The number of aliphatic hydroxyl groups is 20. The van der Waals surface area contributed by atoms with E-state index in [0.717, 1.165) is 13.8 Å². The summed E-state index contributed by atoms with van der Waals surface area (Å²) in [6.45, 7) is -2.72. The van der Waals surface area contributed by atoms with Gasteiger partial charge in [0.2, 0.25) is 11.8 Å². The number of aliphatic hydroxyl groups excluding tert-OH is 20. The number of carbonyl (C=O) groups excluding carboxylic acids is 2. The molecule has 0 unspecified atom stereocenters. The second-order valence-corrected chi connectivity index (χ2v) is 21.1. The Morgan fingerprint density at radius 3 is 1.24 bits per heavy atom. The topological polar surface area (TPSA) is 583 Å². The van der Waals surface area contributed by atoms with Gasteiger partial charge in [0, 0.05) is 13.8 Å². The van der Waals surface area contributed by atoms with Crippen LogP contribution >= 0.6 is 0 Å². The molecular formula is C46H78N2O35. The molecule has 0 aromatic carbocycles. The number of hydrogen-bond acceptors (Lipinski definition) is 35. The van der Waals surface area contributed by atoms with Gasteiger partial charge in [-0.1, -0.05) is 0 Å². The van der Waals surface area contributed by atoms with Crippen LogP contribution in [0.3, 0.4) is 0 Å². The first-order chi connectivity index (χ1) is 39.2. The van der Waals surface area contributed by atoms with Crippen molar-refractivity contribution >= 4 is 11.8 Å². The van der Waals surface area contributed by atoms with Crippen LogP contribution in [-0.2, 0) is 71.2 Å². The third kappa shape index (κ3) is 14.7. The lowest BCUT2D eigenvalue weighted by Gasteiger charge is -2.52. The van der Waals surface area contributed by atoms with Gasteiger partial charge in [0.25, 0.3) is 0 Å². The van der Waals surface area contributed by atoms with Crippen LogP contribution in [0, 0.1) is 0 Å². The number of carbonyl (C=O) groups is 2. The molecule has 0 bridgehead atoms. The zero-order valence-corrected chi connectivity index (χ0v) is 44.5. The summed E-state index contributed by atoms with van der Waals surface area (Å²) in [5, 5.41) is 220. The predicted octanol–water partition coefficient (Wildman–Crippen LogP) is -15.0. The molecule has 0 aromatic rings. The van der Waals surface area contributed by atoms with Gasteiger partial charge < -0.3 is 174 Å². The molecular weight excluding hydrogens is 1140 g/mol. The number of nitrogens with one attached hydrogen (secondary N) is 2. The van der Waals surface area contributed by atoms with Crippen molar-refractivity contribution in [3.05, 3.63) is 0 Å². The first-order valence-corrected chi connectivity index (χ1v) is 26.5. The van der Waals surface area contributed by atoms with Gasteiger partial charge >= 0.3 is 0 Å². The molecule has 7 rings (SSSR count). The molecule has 482 valence electrons. The number of rotatable bonds is 20. The Balaban J connectivity index is 1.22. The number of ether oxygens (including phenoxy) is 13. The van der Waals surface area contributed by atoms with Crippen molar-refractivity contribution in [3.8, 4) is 0 Å². The van der Waals surface area contributed by atoms with Gasteiger partial charge in [-0.3, -0.25) is 9.59 Å². The van der Waals surface area contributed by atoms with Gasteiger partial charge in [-0.15, -0.1) is 0 Å². The molecule has 83 heavy (non-hydrogen) atoms. The van der Waals surface area contributed by atoms with E-state index in [1.807, 2.05) is 0 Å². The molecule has 7 saturated heterocycles. The van der Waals surface area contributed by atoms with E-state index in [0.29, 0.717) is 0 Å². The van der Waals surface area contributed by atoms with Crippen molar-refractivity contribution < 1.29 is 173 Å². The van der Waals surface area contributed by atoms with Crippen LogP contribution in [0.1, 0.15) is 20.8 Å². The summed E-state index contributed by atoms with van der Waals surface area (Å²) >= 11 is 0. The molecule has 35 atom stereocenters. The van der Waals surface area contributed by atoms with E-state index in [9.17, 15) is 112 Å². The molecule has 0 spiro atoms. The minimum Gasteiger partial charge on any atom is -0.394 e. The average Bonchev–Trinajstić information content (AvgIpc) is 3.66. The fraction of sp³-hybridized carbons (Fsp3) is 0.957. The number of hydrogen-bond donors (Lipinski definition) is 22. The van der Waals surface area contributed by atoms with E-state index >= 15 is 0 Å². The van der Waals surface area contributed by atoms with E-state index in [2.05, 4.69) is 10.6 Å². The molecule has 0 aromatic heterocycles. The van der Waals surface area contributed by atoms with Crippen LogP contribution in [-0.4, -0.2) is 368 Å². The molecule has 7 aliphatic rings. The van der Waals surface area contributed by atoms with Crippen LogP contribution in [0.2, 0.25) is 0 Å². The van der Waals surface area contributed by atoms with Crippen molar-refractivity contribution in [2.24, 2.45) is 0 Å². The summed E-state index contributed by atoms with van der Waals surface area (Å²) in [4.78, 5) is 25.8. The zero-order chi connectivity index (χ0) is 61.2. The largest absolute Gasteiger partial charge is 0.394 e. The van der Waals surface area contributed by atoms with Gasteiger partial charge in [-0.05, 0) is 6.92 Å². The Kier molecular flexibility index (Phi) is 24.0. The van der Waals surface area contributed by atoms with Crippen molar-refractivity contribution in [1.82, 2.24) is 10.6 Å². The van der Waals surface area contributed by atoms with Gasteiger partial charge in [-0.2, -0.15) is 0 Å². The molecule has 37 nitrogen and oxygen atoms in total. The van der Waals surface area contributed by atoms with E-state index in [1.165, 1.54) is 6.92 Å². The highest BCUT2D eigenvalue weighted by atomic mass is 16.8. The molecule has 7 aliphatic heterocycles. The van der Waals surface area contributed by atoms with E-state index < -0.39 is 266 Å². The van der Waals surface area contributed by atoms with Gasteiger partial charge in [0.1, 0.15) is 165 Å². The highest BCUT2D eigenvalue weighted by molar-refractivity contribution is 5.73. The molecule has 0 aliphatic carbocycles. The maximum absolute atomic E-state index is 13.2. The first-order valence-electron chi connectivity index (χ1n) is 26.5. The zero-order valence-electron chi connectivity index (χ0n) is 44.5. The lowest BCUT2D eigenvalue weighted by atomic mass is 9.93. The summed E-state index contributed by atoms with van der Waals surface area (Å²) in [6, 6.07) is -3.63. The molecule has 2 amide bonds. The Bertz CT molecular complexity index is 2040. The minimum absolute atomic E-state index is 0.836. The predicted molar refractivity (Wildman–Crippen MR) is 254 cm³/mol. The van der Waals surface area contributed by atoms with Crippen LogP contribution in [0.25, 0.3) is 0 Å². The Morgan fingerprint density at radius 1 is 0.337 bits per heavy atom. The van der Waals surface area contributed by atoms with Gasteiger partial charge in [0.05, 0.1) is 45.7 Å². The molecule has 0 radical (unpaired) electrons. The highest BCUT2D eigenvalue weighted by Crippen LogP contribution is 2.38. The first kappa shape index (κ1) is 68.1. The van der Waals surface area contributed by atoms with Gasteiger partial charge in [0.15, 0.2) is 44.0 Å². The average molecular weight is 1220 g/mol. The summed E-state index contributed by atoms with van der Waals surface area (Å²) in [7, 11) is 0. The summed E-state index contributed by atoms with van der Waals surface area (Å²) in [5.74, 6) is -1.77. The van der Waals surface area contributed by atoms with Crippen molar-refractivity contribution in [3.63, 3.8) is 0 Å². The summed E-state index contributed by atoms with van der Waals surface area (Å²) in [6.07, 6.45) is -64.0. The lowest BCUT2D eigenvalue weighted by molar-refractivity contribution is -0.393. The fourth-order valence-corrected chi connectivity index (χ4v) is 10.6. The SMILES string of the molecule is CC(=O)N[C@H]1[C@H](OC[C@H]2O[C@@H](O[C@H]3[C@H](O)[C@@H](O)[C@H](O)O[C@@H]3CO)[C@H](O)[C@@H](O[C@@H]3O[C@H](CO)[C@@H](O[C@@H]4O[C@H](CO)[C@H](O)[C@H](O)[C@H]4O)[C@H](O[C@@H]4O[C@@H](C)[C@@H](O)[C@@H](O)[C@@H]4O)[C@H]3NC(C)=O)[C@H]2O)O[C@H](CO)[C@@H](O[C@@H]2O[C@H](CO)[C@H](O)[C@H](O)[C@H]2O)[C@@H]1O. The second-order valence-electron chi connectivity index (χ2n) is 21.1. The van der Waals surface area contributed by atoms with Crippen LogP contribution in [0.4, 0.5) is 0 Å². The molecule has 7 fully saturated rings. The van der Waals surface area contributed by atoms with Crippen molar-refractivity contribution in [2.45, 2.75) is 236 Å². The Hall–Kier alpha value is -2.38.